The number of benzene rings is 1. The molecule has 22 heavy (non-hydrogen) atoms. The van der Waals surface area contributed by atoms with Gasteiger partial charge in [0.15, 0.2) is 4.34 Å². The number of anilines is 2. The van der Waals surface area contributed by atoms with Crippen molar-refractivity contribution in [3.05, 3.63) is 30.1 Å². The largest absolute Gasteiger partial charge is 0.465 e. The summed E-state index contributed by atoms with van der Waals surface area (Å²) < 4.78 is 18.8. The molecule has 0 spiro atoms. The molecule has 1 N–H and O–H groups in total. The maximum Gasteiger partial charge on any atom is 0.316 e. The Morgan fingerprint density at radius 1 is 1.45 bits per heavy atom. The quantitative estimate of drug-likeness (QED) is 0.447. The van der Waals surface area contributed by atoms with E-state index >= 15 is 0 Å². The second-order valence-electron chi connectivity index (χ2n) is 4.37. The van der Waals surface area contributed by atoms with Crippen molar-refractivity contribution in [1.82, 2.24) is 10.2 Å². The number of nitrogens with one attached hydrogen (secondary N) is 1. The molecule has 0 unspecified atom stereocenters. The van der Waals surface area contributed by atoms with Crippen molar-refractivity contribution in [3.63, 3.8) is 0 Å². The van der Waals surface area contributed by atoms with Gasteiger partial charge in [-0.05, 0) is 24.6 Å². The number of hydrogen-bond acceptors (Lipinski definition) is 7. The number of esters is 1. The summed E-state index contributed by atoms with van der Waals surface area (Å²) in [5.41, 5.74) is 0.603. The van der Waals surface area contributed by atoms with Gasteiger partial charge >= 0.3 is 5.97 Å². The van der Waals surface area contributed by atoms with Gasteiger partial charge in [0.25, 0.3) is 0 Å². The Balaban J connectivity index is 1.80. The lowest BCUT2D eigenvalue weighted by Crippen LogP contribution is -2.08. The maximum atomic E-state index is 13.1. The predicted octanol–water partition coefficient (Wildman–Crippen LogP) is 3.86. The molecule has 1 aromatic heterocycles. The lowest BCUT2D eigenvalue weighted by Gasteiger charge is -2.01. The van der Waals surface area contributed by atoms with Gasteiger partial charge in [-0.25, -0.2) is 4.39 Å². The van der Waals surface area contributed by atoms with Gasteiger partial charge in [0.2, 0.25) is 5.13 Å². The van der Waals surface area contributed by atoms with Crippen molar-refractivity contribution in [2.45, 2.75) is 24.1 Å². The molecule has 5 nitrogen and oxygen atoms in total. The van der Waals surface area contributed by atoms with Crippen LogP contribution in [-0.2, 0) is 9.53 Å². The average Bonchev–Trinajstić information content (AvgIpc) is 2.93. The molecule has 0 amide bonds. The molecule has 0 aliphatic rings. The molecule has 2 rings (SSSR count). The molecule has 0 bridgehead atoms. The number of thioether (sulfide) groups is 1. The minimum Gasteiger partial charge on any atom is -0.465 e. The van der Waals surface area contributed by atoms with E-state index in [0.717, 1.165) is 12.8 Å². The first-order valence-electron chi connectivity index (χ1n) is 6.82. The van der Waals surface area contributed by atoms with E-state index in [9.17, 15) is 9.18 Å². The van der Waals surface area contributed by atoms with E-state index in [-0.39, 0.29) is 17.5 Å². The van der Waals surface area contributed by atoms with Gasteiger partial charge in [-0.1, -0.05) is 42.5 Å². The normalized spacial score (nSPS) is 10.5. The number of nitrogens with zero attached hydrogens (tertiary/aromatic N) is 2. The van der Waals surface area contributed by atoms with Crippen LogP contribution in [0, 0.1) is 5.82 Å². The zero-order chi connectivity index (χ0) is 15.8. The Hall–Kier alpha value is -1.67. The van der Waals surface area contributed by atoms with Crippen LogP contribution in [0.1, 0.15) is 19.8 Å². The minimum atomic E-state index is -0.320. The first-order valence-corrected chi connectivity index (χ1v) is 8.62. The Bertz CT molecular complexity index is 622. The zero-order valence-corrected chi connectivity index (χ0v) is 13.7. The number of halogens is 1. The summed E-state index contributed by atoms with van der Waals surface area (Å²) in [6, 6.07) is 6.10. The molecule has 8 heteroatoms. The average molecular weight is 341 g/mol. The summed E-state index contributed by atoms with van der Waals surface area (Å²) in [5, 5.41) is 11.4. The second kappa shape index (κ2) is 8.70. The van der Waals surface area contributed by atoms with E-state index in [0.29, 0.717) is 21.8 Å². The molecular formula is C14H16FN3O2S2. The Labute approximate surface area is 136 Å². The predicted molar refractivity (Wildman–Crippen MR) is 86.2 cm³/mol. The third-order valence-corrected chi connectivity index (χ3v) is 4.50. The molecule has 0 aliphatic carbocycles. The van der Waals surface area contributed by atoms with E-state index < -0.39 is 0 Å². The Morgan fingerprint density at radius 3 is 3.09 bits per heavy atom. The maximum absolute atomic E-state index is 13.1. The highest BCUT2D eigenvalue weighted by Gasteiger charge is 2.09. The summed E-state index contributed by atoms with van der Waals surface area (Å²) >= 11 is 2.58. The molecule has 0 fully saturated rings. The summed E-state index contributed by atoms with van der Waals surface area (Å²) in [6.07, 6.45) is 1.86. The van der Waals surface area contributed by atoms with Gasteiger partial charge in [0.05, 0.1) is 12.4 Å². The van der Waals surface area contributed by atoms with Crippen LogP contribution < -0.4 is 5.32 Å². The molecule has 1 aromatic carbocycles. The highest BCUT2D eigenvalue weighted by Crippen LogP contribution is 2.27. The van der Waals surface area contributed by atoms with Crippen LogP contribution in [0.2, 0.25) is 0 Å². The fraction of sp³-hybridized carbons (Fsp3) is 0.357. The number of unbranched alkanes of at least 4 members (excludes halogenated alkanes) is 1. The molecule has 2 aromatic rings. The van der Waals surface area contributed by atoms with Crippen LogP contribution >= 0.6 is 23.1 Å². The topological polar surface area (TPSA) is 64.1 Å². The molecular weight excluding hydrogens is 325 g/mol. The molecule has 0 radical (unpaired) electrons. The number of hydrogen-bond donors (Lipinski definition) is 1. The van der Waals surface area contributed by atoms with Crippen LogP contribution in [0.3, 0.4) is 0 Å². The fourth-order valence-electron chi connectivity index (χ4n) is 1.50. The molecule has 0 saturated carbocycles. The number of aromatic nitrogens is 2. The third-order valence-electron chi connectivity index (χ3n) is 2.56. The third kappa shape index (κ3) is 5.61. The molecule has 1 heterocycles. The molecule has 118 valence electrons. The van der Waals surface area contributed by atoms with E-state index in [2.05, 4.69) is 15.5 Å². The van der Waals surface area contributed by atoms with Gasteiger partial charge < -0.3 is 10.1 Å². The van der Waals surface area contributed by atoms with Crippen molar-refractivity contribution in [2.24, 2.45) is 0 Å². The van der Waals surface area contributed by atoms with E-state index in [4.69, 9.17) is 4.74 Å². The number of rotatable bonds is 8. The minimum absolute atomic E-state index is 0.207. The van der Waals surface area contributed by atoms with Gasteiger partial charge in [-0.2, -0.15) is 0 Å². The summed E-state index contributed by atoms with van der Waals surface area (Å²) in [7, 11) is 0. The molecule has 0 aliphatic heterocycles. The lowest BCUT2D eigenvalue weighted by atomic mass is 10.3. The van der Waals surface area contributed by atoms with Crippen LogP contribution in [0.5, 0.6) is 0 Å². The van der Waals surface area contributed by atoms with Gasteiger partial charge in [-0.15, -0.1) is 10.2 Å². The number of ether oxygens (including phenoxy) is 1. The van der Waals surface area contributed by atoms with Gasteiger partial charge in [-0.3, -0.25) is 4.79 Å². The highest BCUT2D eigenvalue weighted by molar-refractivity contribution is 8.01. The van der Waals surface area contributed by atoms with E-state index in [1.54, 1.807) is 12.1 Å². The Morgan fingerprint density at radius 2 is 2.32 bits per heavy atom. The van der Waals surface area contributed by atoms with E-state index in [1.165, 1.54) is 35.2 Å². The van der Waals surface area contributed by atoms with Crippen molar-refractivity contribution in [3.8, 4) is 0 Å². The molecule has 0 saturated heterocycles. The Kier molecular flexibility index (Phi) is 6.60. The van der Waals surface area contributed by atoms with Crippen LogP contribution in [-0.4, -0.2) is 28.5 Å². The van der Waals surface area contributed by atoms with Crippen molar-refractivity contribution >= 4 is 39.9 Å². The highest BCUT2D eigenvalue weighted by atomic mass is 32.2. The SMILES string of the molecule is CCCCOC(=O)CSc1nnc(Nc2cccc(F)c2)s1. The standard InChI is InChI=1S/C14H16FN3O2S2/c1-2-3-7-20-12(19)9-21-14-18-17-13(22-14)16-11-6-4-5-10(15)8-11/h4-6,8H,2-3,7,9H2,1H3,(H,16,17). The fourth-order valence-corrected chi connectivity index (χ4v) is 3.07. The van der Waals surface area contributed by atoms with Crippen LogP contribution in [0.4, 0.5) is 15.2 Å². The van der Waals surface area contributed by atoms with E-state index in [1.807, 2.05) is 6.92 Å². The van der Waals surface area contributed by atoms with Gasteiger partial charge in [0.1, 0.15) is 5.82 Å². The second-order valence-corrected chi connectivity index (χ2v) is 6.57. The number of carbonyl (C=O) groups is 1. The lowest BCUT2D eigenvalue weighted by molar-refractivity contribution is -0.140. The summed E-state index contributed by atoms with van der Waals surface area (Å²) in [4.78, 5) is 11.5. The van der Waals surface area contributed by atoms with Crippen LogP contribution in [0.25, 0.3) is 0 Å². The smallest absolute Gasteiger partial charge is 0.316 e. The summed E-state index contributed by atoms with van der Waals surface area (Å²) in [5.74, 6) is -0.370. The van der Waals surface area contributed by atoms with Crippen molar-refractivity contribution in [2.75, 3.05) is 17.7 Å². The van der Waals surface area contributed by atoms with Gasteiger partial charge in [0, 0.05) is 5.69 Å². The zero-order valence-electron chi connectivity index (χ0n) is 12.0. The van der Waals surface area contributed by atoms with Crippen molar-refractivity contribution < 1.29 is 13.9 Å². The first-order chi connectivity index (χ1) is 10.7. The van der Waals surface area contributed by atoms with Crippen molar-refractivity contribution in [1.29, 1.82) is 0 Å². The first kappa shape index (κ1) is 16.7. The monoisotopic (exact) mass is 341 g/mol. The number of carbonyl (C=O) groups excluding carboxylic acids is 1. The molecule has 0 atom stereocenters. The van der Waals surface area contributed by atoms with Crippen LogP contribution in [0.15, 0.2) is 28.6 Å². The summed E-state index contributed by atoms with van der Waals surface area (Å²) in [6.45, 7) is 2.50.